The van der Waals surface area contributed by atoms with Crippen LogP contribution in [0.2, 0.25) is 0 Å². The molecule has 4 heteroatoms. The molecule has 16 heavy (non-hydrogen) atoms. The summed E-state index contributed by atoms with van der Waals surface area (Å²) in [5, 5.41) is 7.32. The van der Waals surface area contributed by atoms with E-state index >= 15 is 0 Å². The minimum absolute atomic E-state index is 0.0852. The van der Waals surface area contributed by atoms with Crippen LogP contribution in [0.1, 0.15) is 24.8 Å². The first-order chi connectivity index (χ1) is 7.74. The van der Waals surface area contributed by atoms with E-state index in [0.717, 1.165) is 18.3 Å². The summed E-state index contributed by atoms with van der Waals surface area (Å²) in [4.78, 5) is 6.81. The summed E-state index contributed by atoms with van der Waals surface area (Å²) in [6.45, 7) is 1.15. The topological polar surface area (TPSA) is 66.0 Å². The number of nitrogen functional groups attached to an aromatic ring is 1. The Morgan fingerprint density at radius 3 is 2.81 bits per heavy atom. The number of rotatable bonds is 2. The maximum Gasteiger partial charge on any atom is 0.128 e. The Morgan fingerprint density at radius 2 is 2.31 bits per heavy atom. The standard InChI is InChI=1S/C12H16N4/c13-12(14)9-2-4-11(15-6-9)16-7-8-1-3-10(16)5-8/h2,4,6,8,10H,1,3,5,7H2,(H3,13,14). The third kappa shape index (κ3) is 1.45. The molecule has 1 aliphatic heterocycles. The van der Waals surface area contributed by atoms with E-state index in [-0.39, 0.29) is 5.84 Å². The first-order valence-corrected chi connectivity index (χ1v) is 5.81. The maximum absolute atomic E-state index is 7.32. The number of hydrogen-bond donors (Lipinski definition) is 2. The number of pyridine rings is 1. The highest BCUT2D eigenvalue weighted by Gasteiger charge is 2.38. The zero-order chi connectivity index (χ0) is 11.1. The zero-order valence-electron chi connectivity index (χ0n) is 9.19. The van der Waals surface area contributed by atoms with E-state index in [1.54, 1.807) is 6.20 Å². The molecule has 2 aliphatic rings. The van der Waals surface area contributed by atoms with E-state index in [9.17, 15) is 0 Å². The number of nitrogens with two attached hydrogens (primary N) is 1. The summed E-state index contributed by atoms with van der Waals surface area (Å²) in [7, 11) is 0. The highest BCUT2D eigenvalue weighted by Crippen LogP contribution is 2.39. The Kier molecular flexibility index (Phi) is 2.09. The molecule has 2 fully saturated rings. The van der Waals surface area contributed by atoms with Crippen LogP contribution in [0.4, 0.5) is 5.82 Å². The van der Waals surface area contributed by atoms with E-state index < -0.39 is 0 Å². The Morgan fingerprint density at radius 1 is 1.44 bits per heavy atom. The Balaban J connectivity index is 1.82. The van der Waals surface area contributed by atoms with Gasteiger partial charge in [0.1, 0.15) is 11.7 Å². The first kappa shape index (κ1) is 9.63. The molecule has 84 valence electrons. The molecule has 0 radical (unpaired) electrons. The summed E-state index contributed by atoms with van der Waals surface area (Å²) < 4.78 is 0. The van der Waals surface area contributed by atoms with Crippen LogP contribution in [0.3, 0.4) is 0 Å². The van der Waals surface area contributed by atoms with Gasteiger partial charge >= 0.3 is 0 Å². The highest BCUT2D eigenvalue weighted by atomic mass is 15.2. The van der Waals surface area contributed by atoms with Crippen LogP contribution in [-0.4, -0.2) is 23.4 Å². The third-order valence-corrected chi connectivity index (χ3v) is 3.76. The maximum atomic E-state index is 7.32. The largest absolute Gasteiger partial charge is 0.384 e. The van der Waals surface area contributed by atoms with Crippen LogP contribution in [0.5, 0.6) is 0 Å². The Hall–Kier alpha value is -1.58. The molecule has 1 aromatic heterocycles. The number of fused-ring (bicyclic) bond motifs is 2. The molecular formula is C12H16N4. The monoisotopic (exact) mass is 216 g/mol. The summed E-state index contributed by atoms with van der Waals surface area (Å²) >= 11 is 0. The van der Waals surface area contributed by atoms with Crippen LogP contribution in [0.25, 0.3) is 0 Å². The summed E-state index contributed by atoms with van der Waals surface area (Å²) in [6.07, 6.45) is 5.72. The second-order valence-corrected chi connectivity index (χ2v) is 4.80. The fraction of sp³-hybridized carbons (Fsp3) is 0.500. The SMILES string of the molecule is N=C(N)c1ccc(N2CC3CCC2C3)nc1. The van der Waals surface area contributed by atoms with Crippen molar-refractivity contribution in [3.63, 3.8) is 0 Å². The van der Waals surface area contributed by atoms with Crippen LogP contribution < -0.4 is 10.6 Å². The van der Waals surface area contributed by atoms with Gasteiger partial charge < -0.3 is 10.6 Å². The molecule has 3 rings (SSSR count). The van der Waals surface area contributed by atoms with Gasteiger partial charge in [0.05, 0.1) is 0 Å². The predicted octanol–water partition coefficient (Wildman–Crippen LogP) is 1.35. The number of anilines is 1. The second kappa shape index (κ2) is 3.47. The molecule has 3 N–H and O–H groups in total. The van der Waals surface area contributed by atoms with Crippen molar-refractivity contribution < 1.29 is 0 Å². The Labute approximate surface area is 95.0 Å². The molecule has 4 nitrogen and oxygen atoms in total. The summed E-state index contributed by atoms with van der Waals surface area (Å²) in [6, 6.07) is 4.56. The predicted molar refractivity (Wildman–Crippen MR) is 63.7 cm³/mol. The molecular weight excluding hydrogens is 200 g/mol. The minimum atomic E-state index is 0.0852. The van der Waals surface area contributed by atoms with Crippen molar-refractivity contribution in [3.05, 3.63) is 23.9 Å². The number of aromatic nitrogens is 1. The lowest BCUT2D eigenvalue weighted by atomic mass is 10.1. The summed E-state index contributed by atoms with van der Waals surface area (Å²) in [5.74, 6) is 2.00. The quantitative estimate of drug-likeness (QED) is 0.579. The molecule has 1 aromatic rings. The fourth-order valence-corrected chi connectivity index (χ4v) is 2.92. The second-order valence-electron chi connectivity index (χ2n) is 4.80. The van der Waals surface area contributed by atoms with Crippen molar-refractivity contribution in [1.29, 1.82) is 5.41 Å². The number of nitrogens with zero attached hydrogens (tertiary/aromatic N) is 2. The molecule has 1 saturated carbocycles. The zero-order valence-corrected chi connectivity index (χ0v) is 9.19. The van der Waals surface area contributed by atoms with Gasteiger partial charge in [-0.25, -0.2) is 4.98 Å². The van der Waals surface area contributed by atoms with Gasteiger partial charge in [0, 0.05) is 24.3 Å². The molecule has 2 bridgehead atoms. The molecule has 2 unspecified atom stereocenters. The average Bonchev–Trinajstić information content (AvgIpc) is 2.91. The molecule has 1 saturated heterocycles. The van der Waals surface area contributed by atoms with E-state index in [1.807, 2.05) is 12.1 Å². The summed E-state index contributed by atoms with van der Waals surface area (Å²) in [5.41, 5.74) is 6.11. The van der Waals surface area contributed by atoms with Crippen LogP contribution in [0.15, 0.2) is 18.3 Å². The van der Waals surface area contributed by atoms with Crippen molar-refractivity contribution >= 4 is 11.7 Å². The van der Waals surface area contributed by atoms with Gasteiger partial charge in [0.15, 0.2) is 0 Å². The Bertz CT molecular complexity index is 412. The first-order valence-electron chi connectivity index (χ1n) is 5.81. The van der Waals surface area contributed by atoms with Crippen molar-refractivity contribution in [2.45, 2.75) is 25.3 Å². The smallest absolute Gasteiger partial charge is 0.128 e. The highest BCUT2D eigenvalue weighted by molar-refractivity contribution is 5.94. The van der Waals surface area contributed by atoms with Crippen molar-refractivity contribution in [3.8, 4) is 0 Å². The number of hydrogen-bond acceptors (Lipinski definition) is 3. The van der Waals surface area contributed by atoms with Gasteiger partial charge in [-0.3, -0.25) is 5.41 Å². The van der Waals surface area contributed by atoms with Gasteiger partial charge in [-0.15, -0.1) is 0 Å². The van der Waals surface area contributed by atoms with Gasteiger partial charge in [0.25, 0.3) is 0 Å². The molecule has 0 spiro atoms. The number of piperidine rings is 1. The molecule has 2 heterocycles. The van der Waals surface area contributed by atoms with Gasteiger partial charge in [-0.2, -0.15) is 0 Å². The van der Waals surface area contributed by atoms with Crippen molar-refractivity contribution in [1.82, 2.24) is 4.98 Å². The van der Waals surface area contributed by atoms with E-state index in [1.165, 1.54) is 19.3 Å². The lowest BCUT2D eigenvalue weighted by molar-refractivity contribution is 0.550. The minimum Gasteiger partial charge on any atom is -0.384 e. The molecule has 2 atom stereocenters. The molecule has 1 aliphatic carbocycles. The van der Waals surface area contributed by atoms with Gasteiger partial charge in [0.2, 0.25) is 0 Å². The van der Waals surface area contributed by atoms with Crippen LogP contribution >= 0.6 is 0 Å². The van der Waals surface area contributed by atoms with E-state index in [4.69, 9.17) is 11.1 Å². The van der Waals surface area contributed by atoms with Gasteiger partial charge in [-0.1, -0.05) is 0 Å². The van der Waals surface area contributed by atoms with Crippen LogP contribution in [0, 0.1) is 11.3 Å². The molecule has 0 aromatic carbocycles. The van der Waals surface area contributed by atoms with E-state index in [0.29, 0.717) is 11.6 Å². The lowest BCUT2D eigenvalue weighted by Crippen LogP contribution is -2.32. The van der Waals surface area contributed by atoms with E-state index in [2.05, 4.69) is 9.88 Å². The number of amidine groups is 1. The number of nitrogens with one attached hydrogen (secondary N) is 1. The van der Waals surface area contributed by atoms with Crippen molar-refractivity contribution in [2.75, 3.05) is 11.4 Å². The third-order valence-electron chi connectivity index (χ3n) is 3.76. The lowest BCUT2D eigenvalue weighted by Gasteiger charge is -2.28. The van der Waals surface area contributed by atoms with Crippen molar-refractivity contribution in [2.24, 2.45) is 11.7 Å². The van der Waals surface area contributed by atoms with Gasteiger partial charge in [-0.05, 0) is 37.3 Å². The van der Waals surface area contributed by atoms with Crippen LogP contribution in [-0.2, 0) is 0 Å². The fourth-order valence-electron chi connectivity index (χ4n) is 2.92. The molecule has 0 amide bonds. The average molecular weight is 216 g/mol. The normalized spacial score (nSPS) is 27.4.